The maximum absolute atomic E-state index is 12.5. The fourth-order valence-electron chi connectivity index (χ4n) is 2.35. The number of carbonyl (C=O) groups excluding carboxylic acids is 4. The van der Waals surface area contributed by atoms with Crippen LogP contribution in [0.4, 0.5) is 0 Å². The number of benzene rings is 1. The van der Waals surface area contributed by atoms with Crippen LogP contribution in [0.5, 0.6) is 0 Å². The second-order valence-corrected chi connectivity index (χ2v) is 6.40. The van der Waals surface area contributed by atoms with Crippen LogP contribution in [0.25, 0.3) is 0 Å². The van der Waals surface area contributed by atoms with Crippen LogP contribution >= 0.6 is 23.2 Å². The summed E-state index contributed by atoms with van der Waals surface area (Å²) in [6, 6.07) is 1.33. The second kappa shape index (κ2) is 7.88. The highest BCUT2D eigenvalue weighted by atomic mass is 35.5. The highest BCUT2D eigenvalue weighted by molar-refractivity contribution is 6.43. The van der Waals surface area contributed by atoms with Gasteiger partial charge in [-0.05, 0) is 26.0 Å². The topological polar surface area (TPSA) is 92.8 Å². The first-order valence-corrected chi connectivity index (χ1v) is 8.40. The predicted molar refractivity (Wildman–Crippen MR) is 95.2 cm³/mol. The number of rotatable bonds is 6. The molecule has 1 heterocycles. The average molecular weight is 399 g/mol. The molecule has 1 aliphatic heterocycles. The van der Waals surface area contributed by atoms with Crippen molar-refractivity contribution in [1.29, 1.82) is 0 Å². The van der Waals surface area contributed by atoms with E-state index in [4.69, 9.17) is 27.9 Å². The van der Waals surface area contributed by atoms with Gasteiger partial charge in [0.05, 0.1) is 21.2 Å². The molecule has 1 aromatic carbocycles. The fourth-order valence-corrected chi connectivity index (χ4v) is 2.68. The molecule has 0 aromatic heterocycles. The van der Waals surface area contributed by atoms with Crippen molar-refractivity contribution in [3.8, 4) is 0 Å². The highest BCUT2D eigenvalue weighted by Crippen LogP contribution is 2.32. The lowest BCUT2D eigenvalue weighted by molar-refractivity contribution is -0.157. The largest absolute Gasteiger partial charge is 0.451 e. The van der Waals surface area contributed by atoms with Crippen LogP contribution in [0, 0.1) is 0 Å². The van der Waals surface area contributed by atoms with Crippen LogP contribution in [0.1, 0.15) is 34.6 Å². The Kier molecular flexibility index (Phi) is 6.05. The lowest BCUT2D eigenvalue weighted by atomic mass is 10.1. The summed E-state index contributed by atoms with van der Waals surface area (Å²) in [4.78, 5) is 49.7. The number of ether oxygens (including phenoxy) is 1. The Bertz CT molecular complexity index is 768. The lowest BCUT2D eigenvalue weighted by Gasteiger charge is -2.22. The molecule has 7 nitrogen and oxygen atoms in total. The standard InChI is InChI=1S/C17H16Cl2N2O5/c1-4-5-20-14(22)9(3)26-17(25)8(2)21-15(23)10-6-12(18)13(19)7-11(10)16(21)24/h4,6-9H,1,5H2,2-3H3,(H,20,22)/t8-,9+/m0/s1. The summed E-state index contributed by atoms with van der Waals surface area (Å²) in [6.07, 6.45) is 0.383. The highest BCUT2D eigenvalue weighted by Gasteiger charge is 2.42. The molecule has 26 heavy (non-hydrogen) atoms. The summed E-state index contributed by atoms with van der Waals surface area (Å²) in [5.41, 5.74) is 0.113. The molecule has 0 unspecified atom stereocenters. The third-order valence-electron chi connectivity index (χ3n) is 3.77. The van der Waals surface area contributed by atoms with Gasteiger partial charge in [0.1, 0.15) is 6.04 Å². The number of carbonyl (C=O) groups is 4. The fraction of sp³-hybridized carbons (Fsp3) is 0.294. The first kappa shape index (κ1) is 19.9. The van der Waals surface area contributed by atoms with Crippen LogP contribution in [-0.4, -0.2) is 47.3 Å². The molecule has 2 rings (SSSR count). The normalized spacial score (nSPS) is 15.3. The maximum Gasteiger partial charge on any atom is 0.329 e. The molecule has 138 valence electrons. The number of hydrogen-bond donors (Lipinski definition) is 1. The molecule has 3 amide bonds. The average Bonchev–Trinajstić information content (AvgIpc) is 2.83. The van der Waals surface area contributed by atoms with Gasteiger partial charge >= 0.3 is 5.97 Å². The van der Waals surface area contributed by atoms with Gasteiger partial charge in [-0.2, -0.15) is 0 Å². The van der Waals surface area contributed by atoms with Crippen LogP contribution in [-0.2, 0) is 14.3 Å². The van der Waals surface area contributed by atoms with E-state index in [1.807, 2.05) is 0 Å². The number of imide groups is 1. The number of nitrogens with one attached hydrogen (secondary N) is 1. The van der Waals surface area contributed by atoms with Gasteiger partial charge < -0.3 is 10.1 Å². The van der Waals surface area contributed by atoms with E-state index in [2.05, 4.69) is 11.9 Å². The van der Waals surface area contributed by atoms with Gasteiger partial charge in [-0.3, -0.25) is 19.3 Å². The van der Waals surface area contributed by atoms with Crippen molar-refractivity contribution in [2.45, 2.75) is 26.0 Å². The number of hydrogen-bond acceptors (Lipinski definition) is 5. The second-order valence-electron chi connectivity index (χ2n) is 5.58. The van der Waals surface area contributed by atoms with E-state index in [-0.39, 0.29) is 27.7 Å². The summed E-state index contributed by atoms with van der Waals surface area (Å²) in [5.74, 6) is -2.78. The molecule has 0 saturated heterocycles. The summed E-state index contributed by atoms with van der Waals surface area (Å²) in [6.45, 7) is 6.39. The van der Waals surface area contributed by atoms with Crippen LogP contribution in [0.15, 0.2) is 24.8 Å². The number of esters is 1. The van der Waals surface area contributed by atoms with E-state index in [1.54, 1.807) is 0 Å². The van der Waals surface area contributed by atoms with Gasteiger partial charge in [-0.1, -0.05) is 29.3 Å². The Morgan fingerprint density at radius 3 is 2.15 bits per heavy atom. The van der Waals surface area contributed by atoms with Crippen LogP contribution < -0.4 is 5.32 Å². The SMILES string of the molecule is C=CCNC(=O)[C@@H](C)OC(=O)[C@H](C)N1C(=O)c2cc(Cl)c(Cl)cc2C1=O. The van der Waals surface area contributed by atoms with Crippen molar-refractivity contribution in [3.05, 3.63) is 46.0 Å². The third kappa shape index (κ3) is 3.73. The van der Waals surface area contributed by atoms with Gasteiger partial charge in [0.25, 0.3) is 17.7 Å². The molecule has 9 heteroatoms. The predicted octanol–water partition coefficient (Wildman–Crippen LogP) is 2.21. The molecular weight excluding hydrogens is 383 g/mol. The third-order valence-corrected chi connectivity index (χ3v) is 4.49. The Labute approximate surface area is 159 Å². The Morgan fingerprint density at radius 1 is 1.19 bits per heavy atom. The first-order chi connectivity index (χ1) is 12.2. The summed E-state index contributed by atoms with van der Waals surface area (Å²) in [5, 5.41) is 2.72. The number of halogens is 2. The maximum atomic E-state index is 12.5. The zero-order valence-electron chi connectivity index (χ0n) is 14.0. The first-order valence-electron chi connectivity index (χ1n) is 7.65. The molecule has 0 spiro atoms. The zero-order valence-corrected chi connectivity index (χ0v) is 15.6. The minimum Gasteiger partial charge on any atom is -0.451 e. The Morgan fingerprint density at radius 2 is 1.69 bits per heavy atom. The van der Waals surface area contributed by atoms with Gasteiger partial charge in [0, 0.05) is 6.54 Å². The van der Waals surface area contributed by atoms with E-state index in [0.717, 1.165) is 4.90 Å². The molecule has 1 aromatic rings. The molecule has 0 saturated carbocycles. The van der Waals surface area contributed by atoms with Crippen LogP contribution in [0.3, 0.4) is 0 Å². The molecule has 0 aliphatic carbocycles. The number of fused-ring (bicyclic) bond motifs is 1. The number of nitrogens with zero attached hydrogens (tertiary/aromatic N) is 1. The Hall–Kier alpha value is -2.38. The molecule has 1 N–H and O–H groups in total. The summed E-state index contributed by atoms with van der Waals surface area (Å²) < 4.78 is 5.04. The van der Waals surface area contributed by atoms with Gasteiger partial charge in [0.15, 0.2) is 6.10 Å². The Balaban J connectivity index is 2.14. The van der Waals surface area contributed by atoms with Crippen molar-refractivity contribution in [2.24, 2.45) is 0 Å². The van der Waals surface area contributed by atoms with E-state index in [9.17, 15) is 19.2 Å². The van der Waals surface area contributed by atoms with E-state index in [0.29, 0.717) is 0 Å². The van der Waals surface area contributed by atoms with Crippen molar-refractivity contribution in [2.75, 3.05) is 6.54 Å². The number of amides is 3. The van der Waals surface area contributed by atoms with E-state index < -0.39 is 35.8 Å². The quantitative estimate of drug-likeness (QED) is 0.450. The van der Waals surface area contributed by atoms with Crippen molar-refractivity contribution >= 4 is 46.9 Å². The summed E-state index contributed by atoms with van der Waals surface area (Å²) >= 11 is 11.8. The molecule has 2 atom stereocenters. The molecule has 1 aliphatic rings. The smallest absolute Gasteiger partial charge is 0.329 e. The van der Waals surface area contributed by atoms with Crippen molar-refractivity contribution in [3.63, 3.8) is 0 Å². The molecular formula is C17H16Cl2N2O5. The molecule has 0 fully saturated rings. The minimum atomic E-state index is -1.23. The van der Waals surface area contributed by atoms with E-state index in [1.165, 1.54) is 32.1 Å². The molecule has 0 radical (unpaired) electrons. The van der Waals surface area contributed by atoms with Crippen molar-refractivity contribution < 1.29 is 23.9 Å². The van der Waals surface area contributed by atoms with Gasteiger partial charge in [-0.25, -0.2) is 4.79 Å². The van der Waals surface area contributed by atoms with Crippen LogP contribution in [0.2, 0.25) is 10.0 Å². The van der Waals surface area contributed by atoms with Crippen molar-refractivity contribution in [1.82, 2.24) is 10.2 Å². The van der Waals surface area contributed by atoms with E-state index >= 15 is 0 Å². The monoisotopic (exact) mass is 398 g/mol. The minimum absolute atomic E-state index is 0.0563. The zero-order chi connectivity index (χ0) is 19.6. The summed E-state index contributed by atoms with van der Waals surface area (Å²) in [7, 11) is 0. The van der Waals surface area contributed by atoms with Gasteiger partial charge in [-0.15, -0.1) is 6.58 Å². The van der Waals surface area contributed by atoms with Gasteiger partial charge in [0.2, 0.25) is 0 Å². The lowest BCUT2D eigenvalue weighted by Crippen LogP contribution is -2.46. The molecule has 0 bridgehead atoms.